The summed E-state index contributed by atoms with van der Waals surface area (Å²) in [6.07, 6.45) is 2.63. The van der Waals surface area contributed by atoms with Gasteiger partial charge in [0, 0.05) is 18.5 Å². The number of nitrogens with one attached hydrogen (secondary N) is 1. The van der Waals surface area contributed by atoms with Gasteiger partial charge in [0.1, 0.15) is 0 Å². The molecule has 0 spiro atoms. The molecule has 90 valence electrons. The monoisotopic (exact) mass is 230 g/mol. The molecule has 0 aliphatic heterocycles. The first kappa shape index (κ1) is 11.9. The molecule has 0 amide bonds. The molecule has 17 heavy (non-hydrogen) atoms. The van der Waals surface area contributed by atoms with Crippen molar-refractivity contribution in [3.8, 4) is 11.3 Å². The van der Waals surface area contributed by atoms with E-state index in [1.807, 2.05) is 13.2 Å². The lowest BCUT2D eigenvalue weighted by Gasteiger charge is -2.03. The summed E-state index contributed by atoms with van der Waals surface area (Å²) in [5, 5.41) is 3.08. The van der Waals surface area contributed by atoms with Gasteiger partial charge in [0.2, 0.25) is 0 Å². The molecule has 0 saturated carbocycles. The summed E-state index contributed by atoms with van der Waals surface area (Å²) in [6, 6.07) is 6.34. The summed E-state index contributed by atoms with van der Waals surface area (Å²) in [7, 11) is 1.92. The predicted octanol–water partition coefficient (Wildman–Crippen LogP) is 2.72. The third-order valence-electron chi connectivity index (χ3n) is 2.79. The van der Waals surface area contributed by atoms with Gasteiger partial charge in [-0.15, -0.1) is 0 Å². The van der Waals surface area contributed by atoms with Crippen LogP contribution in [0.1, 0.15) is 17.0 Å². The highest BCUT2D eigenvalue weighted by molar-refractivity contribution is 5.61. The van der Waals surface area contributed by atoms with E-state index in [4.69, 9.17) is 4.42 Å². The molecule has 2 rings (SSSR count). The summed E-state index contributed by atoms with van der Waals surface area (Å²) in [5.74, 6) is 1.64. The minimum Gasteiger partial charge on any atom is -0.441 e. The predicted molar refractivity (Wildman–Crippen MR) is 69.0 cm³/mol. The average molecular weight is 230 g/mol. The third-order valence-corrected chi connectivity index (χ3v) is 2.79. The van der Waals surface area contributed by atoms with Crippen molar-refractivity contribution in [1.29, 1.82) is 0 Å². The quantitative estimate of drug-likeness (QED) is 0.877. The van der Waals surface area contributed by atoms with Crippen LogP contribution in [0, 0.1) is 13.8 Å². The second kappa shape index (κ2) is 5.15. The number of nitrogens with zero attached hydrogens (tertiary/aromatic N) is 1. The van der Waals surface area contributed by atoms with Gasteiger partial charge in [-0.25, -0.2) is 4.98 Å². The molecule has 0 saturated heterocycles. The van der Waals surface area contributed by atoms with Gasteiger partial charge in [-0.2, -0.15) is 0 Å². The van der Waals surface area contributed by atoms with Crippen molar-refractivity contribution >= 4 is 0 Å². The molecule has 0 radical (unpaired) electrons. The Bertz CT molecular complexity index is 503. The van der Waals surface area contributed by atoms with Crippen molar-refractivity contribution in [3.05, 3.63) is 41.4 Å². The molecule has 0 fully saturated rings. The lowest BCUT2D eigenvalue weighted by atomic mass is 10.0. The van der Waals surface area contributed by atoms with Crippen molar-refractivity contribution < 1.29 is 4.42 Å². The molecule has 2 aromatic rings. The Hall–Kier alpha value is -1.61. The van der Waals surface area contributed by atoms with Crippen molar-refractivity contribution in [2.45, 2.75) is 20.3 Å². The lowest BCUT2D eigenvalue weighted by Crippen LogP contribution is -2.10. The summed E-state index contributed by atoms with van der Waals surface area (Å²) >= 11 is 0. The van der Waals surface area contributed by atoms with Gasteiger partial charge < -0.3 is 9.73 Å². The molecule has 1 aromatic carbocycles. The van der Waals surface area contributed by atoms with Gasteiger partial charge in [-0.05, 0) is 26.5 Å². The van der Waals surface area contributed by atoms with E-state index in [9.17, 15) is 0 Å². The van der Waals surface area contributed by atoms with Gasteiger partial charge in [0.05, 0.1) is 6.20 Å². The van der Waals surface area contributed by atoms with Crippen LogP contribution in [0.2, 0.25) is 0 Å². The zero-order valence-electron chi connectivity index (χ0n) is 10.6. The molecular formula is C14H18N2O. The maximum absolute atomic E-state index is 5.74. The summed E-state index contributed by atoms with van der Waals surface area (Å²) in [6.45, 7) is 5.07. The van der Waals surface area contributed by atoms with E-state index >= 15 is 0 Å². The Morgan fingerprint density at radius 3 is 2.82 bits per heavy atom. The Labute approximate surface area is 102 Å². The number of likely N-dealkylation sites (N-methyl/N-ethyl adjacent to an activating group) is 1. The van der Waals surface area contributed by atoms with E-state index in [1.165, 1.54) is 11.1 Å². The number of aromatic nitrogens is 1. The topological polar surface area (TPSA) is 38.1 Å². The van der Waals surface area contributed by atoms with Gasteiger partial charge in [-0.3, -0.25) is 0 Å². The SMILES string of the molecule is CNCCc1ncc(-c2ccc(C)cc2C)o1. The van der Waals surface area contributed by atoms with E-state index in [-0.39, 0.29) is 0 Å². The fraction of sp³-hybridized carbons (Fsp3) is 0.357. The largest absolute Gasteiger partial charge is 0.441 e. The molecular weight excluding hydrogens is 212 g/mol. The summed E-state index contributed by atoms with van der Waals surface area (Å²) in [4.78, 5) is 4.29. The molecule has 1 aromatic heterocycles. The number of hydrogen-bond donors (Lipinski definition) is 1. The first-order valence-electron chi connectivity index (χ1n) is 5.87. The first-order valence-corrected chi connectivity index (χ1v) is 5.87. The van der Waals surface area contributed by atoms with Crippen LogP contribution in [-0.4, -0.2) is 18.6 Å². The molecule has 0 aliphatic rings. The average Bonchev–Trinajstić information content (AvgIpc) is 2.75. The molecule has 0 atom stereocenters. The minimum absolute atomic E-state index is 0.786. The van der Waals surface area contributed by atoms with Crippen molar-refractivity contribution in [1.82, 2.24) is 10.3 Å². The Morgan fingerprint density at radius 1 is 1.29 bits per heavy atom. The van der Waals surface area contributed by atoms with E-state index in [2.05, 4.69) is 42.3 Å². The Balaban J connectivity index is 2.24. The van der Waals surface area contributed by atoms with Crippen LogP contribution in [0.15, 0.2) is 28.8 Å². The number of benzene rings is 1. The van der Waals surface area contributed by atoms with Crippen molar-refractivity contribution in [2.75, 3.05) is 13.6 Å². The standard InChI is InChI=1S/C14H18N2O/c1-10-4-5-12(11(2)8-10)13-9-16-14(17-13)6-7-15-3/h4-5,8-9,15H,6-7H2,1-3H3. The molecule has 3 nitrogen and oxygen atoms in total. The third kappa shape index (κ3) is 2.74. The lowest BCUT2D eigenvalue weighted by molar-refractivity contribution is 0.500. The van der Waals surface area contributed by atoms with Crippen LogP contribution in [0.4, 0.5) is 0 Å². The number of oxazole rings is 1. The number of aryl methyl sites for hydroxylation is 2. The smallest absolute Gasteiger partial charge is 0.196 e. The maximum Gasteiger partial charge on any atom is 0.196 e. The van der Waals surface area contributed by atoms with Gasteiger partial charge in [0.25, 0.3) is 0 Å². The van der Waals surface area contributed by atoms with Crippen LogP contribution >= 0.6 is 0 Å². The van der Waals surface area contributed by atoms with Crippen LogP contribution in [0.3, 0.4) is 0 Å². The second-order valence-corrected chi connectivity index (χ2v) is 4.29. The zero-order chi connectivity index (χ0) is 12.3. The van der Waals surface area contributed by atoms with Crippen LogP contribution < -0.4 is 5.32 Å². The van der Waals surface area contributed by atoms with Gasteiger partial charge >= 0.3 is 0 Å². The molecule has 3 heteroatoms. The summed E-state index contributed by atoms with van der Waals surface area (Å²) < 4.78 is 5.74. The first-order chi connectivity index (χ1) is 8.20. The van der Waals surface area contributed by atoms with E-state index in [0.717, 1.165) is 30.2 Å². The van der Waals surface area contributed by atoms with Crippen LogP contribution in [0.25, 0.3) is 11.3 Å². The van der Waals surface area contributed by atoms with Crippen molar-refractivity contribution in [3.63, 3.8) is 0 Å². The molecule has 0 aliphatic carbocycles. The van der Waals surface area contributed by atoms with Crippen LogP contribution in [-0.2, 0) is 6.42 Å². The molecule has 1 N–H and O–H groups in total. The highest BCUT2D eigenvalue weighted by Crippen LogP contribution is 2.24. The zero-order valence-corrected chi connectivity index (χ0v) is 10.6. The van der Waals surface area contributed by atoms with Gasteiger partial charge in [-0.1, -0.05) is 23.8 Å². The summed E-state index contributed by atoms with van der Waals surface area (Å²) in [5.41, 5.74) is 3.61. The van der Waals surface area contributed by atoms with E-state index in [1.54, 1.807) is 0 Å². The Kier molecular flexibility index (Phi) is 3.59. The van der Waals surface area contributed by atoms with E-state index < -0.39 is 0 Å². The number of hydrogen-bond acceptors (Lipinski definition) is 3. The fourth-order valence-electron chi connectivity index (χ4n) is 1.87. The minimum atomic E-state index is 0.786. The number of rotatable bonds is 4. The molecule has 1 heterocycles. The highest BCUT2D eigenvalue weighted by Gasteiger charge is 2.08. The Morgan fingerprint density at radius 2 is 2.12 bits per heavy atom. The fourth-order valence-corrected chi connectivity index (χ4v) is 1.87. The van der Waals surface area contributed by atoms with Gasteiger partial charge in [0.15, 0.2) is 11.7 Å². The van der Waals surface area contributed by atoms with Crippen LogP contribution in [0.5, 0.6) is 0 Å². The maximum atomic E-state index is 5.74. The normalized spacial score (nSPS) is 10.8. The molecule has 0 unspecified atom stereocenters. The van der Waals surface area contributed by atoms with Crippen molar-refractivity contribution in [2.24, 2.45) is 0 Å². The second-order valence-electron chi connectivity index (χ2n) is 4.29. The highest BCUT2D eigenvalue weighted by atomic mass is 16.4. The molecule has 0 bridgehead atoms. The van der Waals surface area contributed by atoms with E-state index in [0.29, 0.717) is 0 Å².